The van der Waals surface area contributed by atoms with Gasteiger partial charge in [-0.2, -0.15) is 0 Å². The van der Waals surface area contributed by atoms with Gasteiger partial charge in [0, 0.05) is 21.3 Å². The summed E-state index contributed by atoms with van der Waals surface area (Å²) in [5.41, 5.74) is 0. The number of rotatable bonds is 5. The van der Waals surface area contributed by atoms with E-state index in [1.54, 1.807) is 0 Å². The van der Waals surface area contributed by atoms with E-state index in [0.717, 1.165) is 15.8 Å². The van der Waals surface area contributed by atoms with E-state index < -0.39 is 6.10 Å². The van der Waals surface area contributed by atoms with E-state index in [4.69, 9.17) is 4.74 Å². The molecule has 1 aromatic rings. The molecule has 4 heteroatoms. The molecule has 1 unspecified atom stereocenters. The second-order valence-corrected chi connectivity index (χ2v) is 4.62. The van der Waals surface area contributed by atoms with Crippen LogP contribution in [0.15, 0.2) is 15.9 Å². The van der Waals surface area contributed by atoms with Gasteiger partial charge in [-0.3, -0.25) is 0 Å². The van der Waals surface area contributed by atoms with Crippen LogP contribution >= 0.6 is 27.3 Å². The highest BCUT2D eigenvalue weighted by molar-refractivity contribution is 9.10. The van der Waals surface area contributed by atoms with Gasteiger partial charge in [-0.15, -0.1) is 11.3 Å². The van der Waals surface area contributed by atoms with Crippen molar-refractivity contribution in [2.45, 2.75) is 19.4 Å². The lowest BCUT2D eigenvalue weighted by Gasteiger charge is -2.08. The monoisotopic (exact) mass is 264 g/mol. The van der Waals surface area contributed by atoms with Crippen molar-refractivity contribution >= 4 is 27.3 Å². The van der Waals surface area contributed by atoms with Gasteiger partial charge in [0.1, 0.15) is 6.10 Å². The Morgan fingerprint density at radius 3 is 3.00 bits per heavy atom. The van der Waals surface area contributed by atoms with Crippen LogP contribution in [0, 0.1) is 0 Å². The molecule has 0 spiro atoms. The maximum atomic E-state index is 9.63. The number of thiophene rings is 1. The Kier molecular flexibility index (Phi) is 4.94. The normalized spacial score (nSPS) is 13.2. The van der Waals surface area contributed by atoms with Gasteiger partial charge in [0.2, 0.25) is 0 Å². The molecule has 1 N–H and O–H groups in total. The Morgan fingerprint density at radius 2 is 2.46 bits per heavy atom. The molecule has 0 aromatic carbocycles. The first-order valence-corrected chi connectivity index (χ1v) is 5.91. The zero-order valence-electron chi connectivity index (χ0n) is 7.50. The fourth-order valence-electron chi connectivity index (χ4n) is 0.924. The first kappa shape index (κ1) is 11.2. The summed E-state index contributed by atoms with van der Waals surface area (Å²) in [5.74, 6) is 0. The highest BCUT2D eigenvalue weighted by Gasteiger charge is 2.09. The van der Waals surface area contributed by atoms with Crippen molar-refractivity contribution in [3.05, 3.63) is 20.8 Å². The molecule has 0 bridgehead atoms. The van der Waals surface area contributed by atoms with E-state index in [-0.39, 0.29) is 0 Å². The molecule has 1 aromatic heterocycles. The molecule has 0 aliphatic heterocycles. The molecule has 74 valence electrons. The Hall–Kier alpha value is 0.1000. The van der Waals surface area contributed by atoms with E-state index >= 15 is 0 Å². The fraction of sp³-hybridized carbons (Fsp3) is 0.556. The van der Waals surface area contributed by atoms with Crippen molar-refractivity contribution in [2.75, 3.05) is 13.2 Å². The topological polar surface area (TPSA) is 29.5 Å². The SMILES string of the molecule is CCCOCC(O)c1cc(Br)cs1. The molecule has 0 aliphatic rings. The molecule has 0 aliphatic carbocycles. The predicted octanol–water partition coefficient (Wildman–Crippen LogP) is 2.97. The van der Waals surface area contributed by atoms with Crippen LogP contribution in [-0.4, -0.2) is 18.3 Å². The highest BCUT2D eigenvalue weighted by atomic mass is 79.9. The first-order valence-electron chi connectivity index (χ1n) is 4.23. The molecule has 13 heavy (non-hydrogen) atoms. The fourth-order valence-corrected chi connectivity index (χ4v) is 2.34. The van der Waals surface area contributed by atoms with Crippen molar-refractivity contribution in [1.82, 2.24) is 0 Å². The maximum absolute atomic E-state index is 9.63. The summed E-state index contributed by atoms with van der Waals surface area (Å²) in [7, 11) is 0. The molecule has 1 rings (SSSR count). The average Bonchev–Trinajstić information content (AvgIpc) is 2.52. The Labute approximate surface area is 90.7 Å². The van der Waals surface area contributed by atoms with Crippen LogP contribution < -0.4 is 0 Å². The second kappa shape index (κ2) is 5.75. The highest BCUT2D eigenvalue weighted by Crippen LogP contribution is 2.25. The van der Waals surface area contributed by atoms with Gasteiger partial charge < -0.3 is 9.84 Å². The van der Waals surface area contributed by atoms with Gasteiger partial charge in [0.15, 0.2) is 0 Å². The standard InChI is InChI=1S/C9H13BrO2S/c1-2-3-12-5-8(11)9-4-7(10)6-13-9/h4,6,8,11H,2-3,5H2,1H3. The largest absolute Gasteiger partial charge is 0.385 e. The minimum Gasteiger partial charge on any atom is -0.385 e. The van der Waals surface area contributed by atoms with Gasteiger partial charge in [-0.1, -0.05) is 6.92 Å². The third-order valence-electron chi connectivity index (χ3n) is 1.54. The third kappa shape index (κ3) is 3.77. The molecule has 0 radical (unpaired) electrons. The summed E-state index contributed by atoms with van der Waals surface area (Å²) in [6.07, 6.45) is 0.503. The molecular formula is C9H13BrO2S. The zero-order chi connectivity index (χ0) is 9.68. The zero-order valence-corrected chi connectivity index (χ0v) is 9.90. The molecular weight excluding hydrogens is 252 g/mol. The number of aliphatic hydroxyl groups is 1. The van der Waals surface area contributed by atoms with Crippen molar-refractivity contribution in [3.63, 3.8) is 0 Å². The Morgan fingerprint density at radius 1 is 1.69 bits per heavy atom. The quantitative estimate of drug-likeness (QED) is 0.829. The van der Waals surface area contributed by atoms with Crippen LogP contribution in [0.2, 0.25) is 0 Å². The van der Waals surface area contributed by atoms with E-state index in [1.807, 2.05) is 18.4 Å². The molecule has 0 fully saturated rings. The van der Waals surface area contributed by atoms with E-state index in [0.29, 0.717) is 13.2 Å². The van der Waals surface area contributed by atoms with Crippen LogP contribution in [0.4, 0.5) is 0 Å². The maximum Gasteiger partial charge on any atom is 0.111 e. The van der Waals surface area contributed by atoms with E-state index in [1.165, 1.54) is 11.3 Å². The van der Waals surface area contributed by atoms with Gasteiger partial charge in [0.05, 0.1) is 6.61 Å². The van der Waals surface area contributed by atoms with Crippen LogP contribution in [-0.2, 0) is 4.74 Å². The van der Waals surface area contributed by atoms with Crippen molar-refractivity contribution < 1.29 is 9.84 Å². The summed E-state index contributed by atoms with van der Waals surface area (Å²) in [4.78, 5) is 0.947. The minimum atomic E-state index is -0.483. The second-order valence-electron chi connectivity index (χ2n) is 2.76. The average molecular weight is 265 g/mol. The Bertz CT molecular complexity index is 250. The van der Waals surface area contributed by atoms with Crippen molar-refractivity contribution in [1.29, 1.82) is 0 Å². The van der Waals surface area contributed by atoms with E-state index in [2.05, 4.69) is 15.9 Å². The predicted molar refractivity (Wildman–Crippen MR) is 58.1 cm³/mol. The smallest absolute Gasteiger partial charge is 0.111 e. The molecule has 0 saturated carbocycles. The van der Waals surface area contributed by atoms with Gasteiger partial charge in [-0.05, 0) is 28.4 Å². The van der Waals surface area contributed by atoms with E-state index in [9.17, 15) is 5.11 Å². The van der Waals surface area contributed by atoms with Crippen molar-refractivity contribution in [3.8, 4) is 0 Å². The number of halogens is 1. The molecule has 1 heterocycles. The third-order valence-corrected chi connectivity index (χ3v) is 3.34. The molecule has 0 saturated heterocycles. The summed E-state index contributed by atoms with van der Waals surface area (Å²) < 4.78 is 6.27. The van der Waals surface area contributed by atoms with Crippen LogP contribution in [0.25, 0.3) is 0 Å². The summed E-state index contributed by atoms with van der Waals surface area (Å²) >= 11 is 4.88. The summed E-state index contributed by atoms with van der Waals surface area (Å²) in [5, 5.41) is 11.6. The summed E-state index contributed by atoms with van der Waals surface area (Å²) in [6.45, 7) is 3.15. The number of hydrogen-bond acceptors (Lipinski definition) is 3. The molecule has 0 amide bonds. The van der Waals surface area contributed by atoms with Gasteiger partial charge in [0.25, 0.3) is 0 Å². The van der Waals surface area contributed by atoms with Gasteiger partial charge >= 0.3 is 0 Å². The lowest BCUT2D eigenvalue weighted by molar-refractivity contribution is 0.0381. The Balaban J connectivity index is 2.35. The number of aliphatic hydroxyl groups excluding tert-OH is 1. The molecule has 2 nitrogen and oxygen atoms in total. The number of hydrogen-bond donors (Lipinski definition) is 1. The van der Waals surface area contributed by atoms with Crippen molar-refractivity contribution in [2.24, 2.45) is 0 Å². The lowest BCUT2D eigenvalue weighted by atomic mass is 10.3. The minimum absolute atomic E-state index is 0.390. The first-order chi connectivity index (χ1) is 6.24. The lowest BCUT2D eigenvalue weighted by Crippen LogP contribution is -2.06. The number of ether oxygens (including phenoxy) is 1. The molecule has 1 atom stereocenters. The summed E-state index contributed by atoms with van der Waals surface area (Å²) in [6, 6.07) is 1.92. The van der Waals surface area contributed by atoms with Gasteiger partial charge in [-0.25, -0.2) is 0 Å². The van der Waals surface area contributed by atoms with Crippen LogP contribution in [0.1, 0.15) is 24.3 Å². The van der Waals surface area contributed by atoms with Crippen LogP contribution in [0.5, 0.6) is 0 Å². The van der Waals surface area contributed by atoms with Crippen LogP contribution in [0.3, 0.4) is 0 Å².